The maximum atomic E-state index is 12.3. The van der Waals surface area contributed by atoms with E-state index in [2.05, 4.69) is 10.5 Å². The van der Waals surface area contributed by atoms with E-state index in [0.29, 0.717) is 5.56 Å². The van der Waals surface area contributed by atoms with Crippen LogP contribution in [0.5, 0.6) is 0 Å². The van der Waals surface area contributed by atoms with Crippen molar-refractivity contribution < 1.29 is 4.21 Å². The van der Waals surface area contributed by atoms with Crippen LogP contribution in [0.1, 0.15) is 57.6 Å². The first-order chi connectivity index (χ1) is 9.90. The lowest BCUT2D eigenvalue weighted by atomic mass is 10.0. The highest BCUT2D eigenvalue weighted by molar-refractivity contribution is 7.85. The van der Waals surface area contributed by atoms with Crippen molar-refractivity contribution in [2.45, 2.75) is 51.2 Å². The fourth-order valence-corrected chi connectivity index (χ4v) is 2.63. The molecule has 1 aromatic carbocycles. The Morgan fingerprint density at radius 1 is 1.33 bits per heavy atom. The lowest BCUT2D eigenvalue weighted by Crippen LogP contribution is -2.21. The summed E-state index contributed by atoms with van der Waals surface area (Å²) in [7, 11) is -1.25. The van der Waals surface area contributed by atoms with Gasteiger partial charge < -0.3 is 0 Å². The van der Waals surface area contributed by atoms with Crippen LogP contribution in [0.4, 0.5) is 0 Å². The Kier molecular flexibility index (Phi) is 4.95. The van der Waals surface area contributed by atoms with E-state index >= 15 is 0 Å². The molecular weight excluding hydrogens is 280 g/mol. The van der Waals surface area contributed by atoms with E-state index in [9.17, 15) is 4.21 Å². The topological polar surface area (TPSA) is 53.2 Å². The predicted molar refractivity (Wildman–Crippen MR) is 87.5 cm³/mol. The summed E-state index contributed by atoms with van der Waals surface area (Å²) in [4.78, 5) is 0. The van der Waals surface area contributed by atoms with Crippen LogP contribution in [-0.2, 0) is 11.0 Å². The number of benzene rings is 1. The zero-order valence-corrected chi connectivity index (χ0v) is 13.7. The van der Waals surface area contributed by atoms with Crippen LogP contribution in [0, 0.1) is 17.2 Å². The molecule has 1 aliphatic rings. The van der Waals surface area contributed by atoms with Gasteiger partial charge in [0.15, 0.2) is 0 Å². The van der Waals surface area contributed by atoms with Crippen molar-refractivity contribution in [2.24, 2.45) is 10.3 Å². The second-order valence-corrected chi connectivity index (χ2v) is 8.48. The monoisotopic (exact) mass is 302 g/mol. The van der Waals surface area contributed by atoms with Gasteiger partial charge in [-0.1, -0.05) is 25.0 Å². The number of nitrogens with zero attached hydrogens (tertiary/aromatic N) is 2. The van der Waals surface area contributed by atoms with Crippen molar-refractivity contribution in [3.8, 4) is 6.07 Å². The van der Waals surface area contributed by atoms with Crippen molar-refractivity contribution in [3.63, 3.8) is 0 Å². The molecule has 0 saturated heterocycles. The largest absolute Gasteiger partial charge is 0.234 e. The van der Waals surface area contributed by atoms with E-state index in [1.807, 2.05) is 32.9 Å². The van der Waals surface area contributed by atoms with Gasteiger partial charge in [0.2, 0.25) is 0 Å². The lowest BCUT2D eigenvalue weighted by Gasteiger charge is -2.15. The molecule has 0 bridgehead atoms. The fourth-order valence-electron chi connectivity index (χ4n) is 1.96. The zero-order valence-electron chi connectivity index (χ0n) is 12.9. The van der Waals surface area contributed by atoms with Gasteiger partial charge in [-0.15, -0.1) is 0 Å². The molecule has 0 radical (unpaired) electrons. The Morgan fingerprint density at radius 2 is 1.95 bits per heavy atom. The number of rotatable bonds is 5. The third-order valence-corrected chi connectivity index (χ3v) is 4.98. The van der Waals surface area contributed by atoms with E-state index in [0.717, 1.165) is 30.0 Å². The number of hydrogen-bond donors (Lipinski definition) is 0. The molecule has 112 valence electrons. The summed E-state index contributed by atoms with van der Waals surface area (Å²) in [6, 6.07) is 9.52. The van der Waals surface area contributed by atoms with Gasteiger partial charge in [0, 0.05) is 0 Å². The van der Waals surface area contributed by atoms with Crippen LogP contribution in [0.3, 0.4) is 0 Å². The molecule has 2 rings (SSSR count). The standard InChI is InChI=1S/C17H22N2OS/c1-17(2,3)21(20)19-16(11-8-13-4-5-13)15-9-6-14(12-18)7-10-15/h6-7,9-10,13H,4-5,8,11H2,1-3H3. The lowest BCUT2D eigenvalue weighted by molar-refractivity contribution is 0.650. The maximum Gasteiger partial charge on any atom is 0.145 e. The minimum atomic E-state index is -1.25. The maximum absolute atomic E-state index is 12.3. The average Bonchev–Trinajstić information content (AvgIpc) is 3.26. The van der Waals surface area contributed by atoms with Crippen molar-refractivity contribution >= 4 is 16.7 Å². The molecule has 0 amide bonds. The molecular formula is C17H22N2OS. The molecule has 0 spiro atoms. The minimum absolute atomic E-state index is 0.350. The molecule has 3 nitrogen and oxygen atoms in total. The first-order valence-electron chi connectivity index (χ1n) is 7.40. The second-order valence-electron chi connectivity index (χ2n) is 6.57. The highest BCUT2D eigenvalue weighted by atomic mass is 32.2. The number of nitriles is 1. The molecule has 1 saturated carbocycles. The quantitative estimate of drug-likeness (QED) is 0.772. The van der Waals surface area contributed by atoms with Crippen LogP contribution in [0.2, 0.25) is 0 Å². The van der Waals surface area contributed by atoms with Gasteiger partial charge in [-0.2, -0.15) is 9.66 Å². The van der Waals surface area contributed by atoms with E-state index in [4.69, 9.17) is 5.26 Å². The van der Waals surface area contributed by atoms with Gasteiger partial charge in [-0.25, -0.2) is 4.21 Å². The molecule has 21 heavy (non-hydrogen) atoms. The molecule has 1 fully saturated rings. The van der Waals surface area contributed by atoms with Gasteiger partial charge in [0.25, 0.3) is 0 Å². The summed E-state index contributed by atoms with van der Waals surface area (Å²) in [6.45, 7) is 5.80. The normalized spacial score (nSPS) is 17.3. The number of hydrogen-bond acceptors (Lipinski definition) is 2. The van der Waals surface area contributed by atoms with Crippen LogP contribution in [-0.4, -0.2) is 14.7 Å². The van der Waals surface area contributed by atoms with Gasteiger partial charge >= 0.3 is 0 Å². The summed E-state index contributed by atoms with van der Waals surface area (Å²) in [5, 5.41) is 8.87. The molecule has 0 aliphatic heterocycles. The molecule has 1 aromatic rings. The SMILES string of the molecule is CC(C)(C)S(=O)N=C(CCC1CC1)c1ccc(C#N)cc1. The van der Waals surface area contributed by atoms with E-state index in [-0.39, 0.29) is 4.75 Å². The van der Waals surface area contributed by atoms with Crippen molar-refractivity contribution in [1.29, 1.82) is 5.26 Å². The van der Waals surface area contributed by atoms with E-state index in [1.165, 1.54) is 12.8 Å². The van der Waals surface area contributed by atoms with Crippen molar-refractivity contribution in [1.82, 2.24) is 0 Å². The first-order valence-corrected chi connectivity index (χ1v) is 8.51. The molecule has 0 N–H and O–H groups in total. The fraction of sp³-hybridized carbons (Fsp3) is 0.529. The van der Waals surface area contributed by atoms with Gasteiger partial charge in [0.05, 0.1) is 22.1 Å². The third kappa shape index (κ3) is 4.78. The molecule has 0 heterocycles. The Labute approximate surface area is 129 Å². The van der Waals surface area contributed by atoms with Crippen LogP contribution < -0.4 is 0 Å². The van der Waals surface area contributed by atoms with Crippen molar-refractivity contribution in [2.75, 3.05) is 0 Å². The summed E-state index contributed by atoms with van der Waals surface area (Å²) in [6.07, 6.45) is 4.59. The summed E-state index contributed by atoms with van der Waals surface area (Å²) in [5.74, 6) is 0.816. The molecule has 1 unspecified atom stereocenters. The molecule has 1 atom stereocenters. The second kappa shape index (κ2) is 6.53. The van der Waals surface area contributed by atoms with Gasteiger partial charge in [-0.3, -0.25) is 0 Å². The van der Waals surface area contributed by atoms with Crippen LogP contribution in [0.25, 0.3) is 0 Å². The Hall–Kier alpha value is -1.47. The highest BCUT2D eigenvalue weighted by Crippen LogP contribution is 2.34. The highest BCUT2D eigenvalue weighted by Gasteiger charge is 2.23. The Bertz CT molecular complexity index is 587. The smallest absolute Gasteiger partial charge is 0.145 e. The summed E-state index contributed by atoms with van der Waals surface area (Å²) < 4.78 is 16.4. The first kappa shape index (κ1) is 15.9. The van der Waals surface area contributed by atoms with Crippen LogP contribution in [0.15, 0.2) is 28.7 Å². The molecule has 1 aliphatic carbocycles. The van der Waals surface area contributed by atoms with Gasteiger partial charge in [0.1, 0.15) is 11.0 Å². The summed E-state index contributed by atoms with van der Waals surface area (Å²) >= 11 is 0. The Balaban J connectivity index is 2.23. The van der Waals surface area contributed by atoms with Crippen LogP contribution >= 0.6 is 0 Å². The van der Waals surface area contributed by atoms with Gasteiger partial charge in [-0.05, 0) is 57.2 Å². The van der Waals surface area contributed by atoms with E-state index < -0.39 is 11.0 Å². The average molecular weight is 302 g/mol. The van der Waals surface area contributed by atoms with Crippen molar-refractivity contribution in [3.05, 3.63) is 35.4 Å². The molecule has 0 aromatic heterocycles. The predicted octanol–water partition coefficient (Wildman–Crippen LogP) is 4.00. The minimum Gasteiger partial charge on any atom is -0.234 e. The third-order valence-electron chi connectivity index (χ3n) is 3.55. The zero-order chi connectivity index (χ0) is 15.5. The van der Waals surface area contributed by atoms with E-state index in [1.54, 1.807) is 12.1 Å². The Morgan fingerprint density at radius 3 is 2.43 bits per heavy atom. The molecule has 4 heteroatoms. The summed E-state index contributed by atoms with van der Waals surface area (Å²) in [5.41, 5.74) is 2.52.